The van der Waals surface area contributed by atoms with Gasteiger partial charge in [0.25, 0.3) is 0 Å². The molecule has 0 aromatic heterocycles. The minimum atomic E-state index is -1.10. The highest BCUT2D eigenvalue weighted by Gasteiger charge is 2.14. The minimum Gasteiger partial charge on any atom is -0.508 e. The fourth-order valence-electron chi connectivity index (χ4n) is 1.03. The Labute approximate surface area is 85.9 Å². The predicted molar refractivity (Wildman–Crippen MR) is 52.4 cm³/mol. The maximum atomic E-state index is 10.4. The molecular weight excluding hydrogens is 206 g/mol. The second-order valence-corrected chi connectivity index (χ2v) is 3.36. The van der Waals surface area contributed by atoms with E-state index in [1.807, 2.05) is 0 Å². The second kappa shape index (κ2) is 4.30. The molecule has 1 aromatic rings. The number of aromatic hydroxyl groups is 1. The van der Waals surface area contributed by atoms with E-state index in [-0.39, 0.29) is 12.2 Å². The number of benzene rings is 1. The second-order valence-electron chi connectivity index (χ2n) is 2.92. The Morgan fingerprint density at radius 2 is 2.21 bits per heavy atom. The van der Waals surface area contributed by atoms with Crippen molar-refractivity contribution in [3.05, 3.63) is 28.8 Å². The maximum Gasteiger partial charge on any atom is 0.320 e. The lowest BCUT2D eigenvalue weighted by Gasteiger charge is -2.08. The van der Waals surface area contributed by atoms with Gasteiger partial charge in [-0.3, -0.25) is 4.79 Å². The normalized spacial score (nSPS) is 12.4. The van der Waals surface area contributed by atoms with E-state index in [1.54, 1.807) is 12.1 Å². The fourth-order valence-corrected chi connectivity index (χ4v) is 1.20. The quantitative estimate of drug-likeness (QED) is 0.703. The van der Waals surface area contributed by atoms with Crippen molar-refractivity contribution in [2.75, 3.05) is 0 Å². The molecule has 0 aliphatic heterocycles. The van der Waals surface area contributed by atoms with Crippen molar-refractivity contribution in [1.82, 2.24) is 0 Å². The van der Waals surface area contributed by atoms with Crippen LogP contribution >= 0.6 is 11.6 Å². The molecule has 0 aliphatic rings. The van der Waals surface area contributed by atoms with Gasteiger partial charge in [0.15, 0.2) is 0 Å². The standard InChI is InChI=1S/C9H10ClNO3/c10-6-2-1-5(8(12)4-6)3-7(11)9(13)14/h1-2,4,7,12H,3,11H2,(H,13,14). The van der Waals surface area contributed by atoms with E-state index in [9.17, 15) is 9.90 Å². The lowest BCUT2D eigenvalue weighted by Crippen LogP contribution is -2.32. The Morgan fingerprint density at radius 1 is 1.57 bits per heavy atom. The summed E-state index contributed by atoms with van der Waals surface area (Å²) in [5.41, 5.74) is 5.79. The van der Waals surface area contributed by atoms with Gasteiger partial charge in [-0.2, -0.15) is 0 Å². The Kier molecular flexibility index (Phi) is 3.33. The minimum absolute atomic E-state index is 0.0331. The van der Waals surface area contributed by atoms with E-state index in [0.717, 1.165) is 0 Å². The molecule has 4 nitrogen and oxygen atoms in total. The van der Waals surface area contributed by atoms with E-state index < -0.39 is 12.0 Å². The summed E-state index contributed by atoms with van der Waals surface area (Å²) >= 11 is 5.61. The highest BCUT2D eigenvalue weighted by molar-refractivity contribution is 6.30. The van der Waals surface area contributed by atoms with Crippen molar-refractivity contribution in [3.63, 3.8) is 0 Å². The number of nitrogens with two attached hydrogens (primary N) is 1. The Bertz CT molecular complexity index is 354. The van der Waals surface area contributed by atoms with Gasteiger partial charge in [-0.05, 0) is 17.7 Å². The summed E-state index contributed by atoms with van der Waals surface area (Å²) < 4.78 is 0. The van der Waals surface area contributed by atoms with Crippen molar-refractivity contribution in [2.24, 2.45) is 5.73 Å². The molecule has 0 radical (unpaired) electrons. The van der Waals surface area contributed by atoms with E-state index in [4.69, 9.17) is 22.4 Å². The molecule has 0 aliphatic carbocycles. The smallest absolute Gasteiger partial charge is 0.320 e. The van der Waals surface area contributed by atoms with Crippen molar-refractivity contribution < 1.29 is 15.0 Å². The number of hydrogen-bond acceptors (Lipinski definition) is 3. The molecule has 1 aromatic carbocycles. The van der Waals surface area contributed by atoms with Gasteiger partial charge >= 0.3 is 5.97 Å². The molecule has 0 fully saturated rings. The lowest BCUT2D eigenvalue weighted by atomic mass is 10.1. The summed E-state index contributed by atoms with van der Waals surface area (Å²) in [6, 6.07) is 3.47. The summed E-state index contributed by atoms with van der Waals surface area (Å²) in [6.45, 7) is 0. The molecule has 0 spiro atoms. The van der Waals surface area contributed by atoms with Crippen LogP contribution in [0.5, 0.6) is 5.75 Å². The highest BCUT2D eigenvalue weighted by atomic mass is 35.5. The number of carboxylic acid groups (broad SMARTS) is 1. The maximum absolute atomic E-state index is 10.4. The third-order valence-electron chi connectivity index (χ3n) is 1.80. The number of carboxylic acids is 1. The Morgan fingerprint density at radius 3 is 2.71 bits per heavy atom. The zero-order valence-electron chi connectivity index (χ0n) is 7.27. The van der Waals surface area contributed by atoms with E-state index in [2.05, 4.69) is 0 Å². The van der Waals surface area contributed by atoms with Gasteiger partial charge in [-0.1, -0.05) is 17.7 Å². The number of rotatable bonds is 3. The zero-order valence-corrected chi connectivity index (χ0v) is 8.03. The van der Waals surface area contributed by atoms with Crippen LogP contribution < -0.4 is 5.73 Å². The van der Waals surface area contributed by atoms with Crippen molar-refractivity contribution in [2.45, 2.75) is 12.5 Å². The molecule has 5 heteroatoms. The molecule has 0 heterocycles. The molecule has 76 valence electrons. The van der Waals surface area contributed by atoms with Gasteiger partial charge < -0.3 is 15.9 Å². The molecule has 0 bridgehead atoms. The van der Waals surface area contributed by atoms with Crippen LogP contribution in [-0.4, -0.2) is 22.2 Å². The molecule has 14 heavy (non-hydrogen) atoms. The first-order valence-corrected chi connectivity index (χ1v) is 4.34. The number of aliphatic carboxylic acids is 1. The lowest BCUT2D eigenvalue weighted by molar-refractivity contribution is -0.138. The molecule has 1 unspecified atom stereocenters. The largest absolute Gasteiger partial charge is 0.508 e. The van der Waals surface area contributed by atoms with Crippen LogP contribution in [0, 0.1) is 0 Å². The Hall–Kier alpha value is -1.26. The molecular formula is C9H10ClNO3. The number of phenolic OH excluding ortho intramolecular Hbond substituents is 1. The topological polar surface area (TPSA) is 83.5 Å². The third kappa shape index (κ3) is 2.61. The predicted octanol–water partition coefficient (Wildman–Crippen LogP) is 1.00. The van der Waals surface area contributed by atoms with Crippen molar-refractivity contribution in [3.8, 4) is 5.75 Å². The van der Waals surface area contributed by atoms with Gasteiger partial charge in [-0.25, -0.2) is 0 Å². The van der Waals surface area contributed by atoms with Gasteiger partial charge in [0.2, 0.25) is 0 Å². The average molecular weight is 216 g/mol. The van der Waals surface area contributed by atoms with E-state index in [1.165, 1.54) is 6.07 Å². The van der Waals surface area contributed by atoms with Gasteiger partial charge in [0, 0.05) is 11.4 Å². The first-order chi connectivity index (χ1) is 6.50. The van der Waals surface area contributed by atoms with Gasteiger partial charge in [0.1, 0.15) is 11.8 Å². The van der Waals surface area contributed by atoms with Crippen LogP contribution in [0.1, 0.15) is 5.56 Å². The van der Waals surface area contributed by atoms with Crippen molar-refractivity contribution in [1.29, 1.82) is 0 Å². The molecule has 1 rings (SSSR count). The van der Waals surface area contributed by atoms with Crippen LogP contribution in [0.3, 0.4) is 0 Å². The summed E-state index contributed by atoms with van der Waals surface area (Å²) in [5.74, 6) is -1.13. The first kappa shape index (κ1) is 10.8. The van der Waals surface area contributed by atoms with E-state index >= 15 is 0 Å². The molecule has 0 saturated heterocycles. The summed E-state index contributed by atoms with van der Waals surface area (Å²) in [4.78, 5) is 10.4. The summed E-state index contributed by atoms with van der Waals surface area (Å²) in [5, 5.41) is 18.3. The number of halogens is 1. The zero-order chi connectivity index (χ0) is 10.7. The van der Waals surface area contributed by atoms with Gasteiger partial charge in [-0.15, -0.1) is 0 Å². The SMILES string of the molecule is NC(Cc1ccc(Cl)cc1O)C(=O)O. The molecule has 1 atom stereocenters. The first-order valence-electron chi connectivity index (χ1n) is 3.96. The van der Waals surface area contributed by atoms with Crippen LogP contribution in [0.2, 0.25) is 5.02 Å². The average Bonchev–Trinajstić information content (AvgIpc) is 2.09. The van der Waals surface area contributed by atoms with E-state index in [0.29, 0.717) is 10.6 Å². The summed E-state index contributed by atoms with van der Waals surface area (Å²) in [6.07, 6.45) is 0.0817. The highest BCUT2D eigenvalue weighted by Crippen LogP contribution is 2.22. The molecule has 0 amide bonds. The molecule has 0 saturated carbocycles. The number of phenols is 1. The monoisotopic (exact) mass is 215 g/mol. The van der Waals surface area contributed by atoms with Crippen LogP contribution in [0.4, 0.5) is 0 Å². The summed E-state index contributed by atoms with van der Waals surface area (Å²) in [7, 11) is 0. The third-order valence-corrected chi connectivity index (χ3v) is 2.04. The fraction of sp³-hybridized carbons (Fsp3) is 0.222. The van der Waals surface area contributed by atoms with Crippen LogP contribution in [0.25, 0.3) is 0 Å². The van der Waals surface area contributed by atoms with Gasteiger partial charge in [0.05, 0.1) is 0 Å². The Balaban J connectivity index is 2.82. The molecule has 4 N–H and O–H groups in total. The van der Waals surface area contributed by atoms with Crippen LogP contribution in [-0.2, 0) is 11.2 Å². The number of hydrogen-bond donors (Lipinski definition) is 3. The van der Waals surface area contributed by atoms with Crippen molar-refractivity contribution >= 4 is 17.6 Å². The van der Waals surface area contributed by atoms with Crippen LogP contribution in [0.15, 0.2) is 18.2 Å². The number of carbonyl (C=O) groups is 1.